The van der Waals surface area contributed by atoms with E-state index in [1.165, 1.54) is 12.1 Å². The molecule has 0 radical (unpaired) electrons. The van der Waals surface area contributed by atoms with Gasteiger partial charge in [0.1, 0.15) is 16.5 Å². The van der Waals surface area contributed by atoms with E-state index in [9.17, 15) is 17.6 Å². The van der Waals surface area contributed by atoms with Crippen molar-refractivity contribution in [2.24, 2.45) is 5.92 Å². The molecule has 0 aliphatic heterocycles. The lowest BCUT2D eigenvalue weighted by atomic mass is 10.1. The summed E-state index contributed by atoms with van der Waals surface area (Å²) >= 11 is 0. The summed E-state index contributed by atoms with van der Waals surface area (Å²) in [6, 6.07) is 11.6. The molecule has 0 N–H and O–H groups in total. The van der Waals surface area contributed by atoms with Crippen molar-refractivity contribution < 1.29 is 21.8 Å². The Labute approximate surface area is 170 Å². The molecule has 7 heteroatoms. The number of nitrogens with zero attached hydrogens (tertiary/aromatic N) is 1. The highest BCUT2D eigenvalue weighted by molar-refractivity contribution is 7.87. The number of hydrogen-bond donors (Lipinski definition) is 0. The molecule has 0 unspecified atom stereocenters. The molecule has 2 saturated carbocycles. The summed E-state index contributed by atoms with van der Waals surface area (Å²) in [7, 11) is -4.06. The molecule has 2 fully saturated rings. The summed E-state index contributed by atoms with van der Waals surface area (Å²) < 4.78 is 43.2. The van der Waals surface area contributed by atoms with E-state index < -0.39 is 15.9 Å². The Morgan fingerprint density at radius 1 is 1.03 bits per heavy atom. The molecule has 0 atom stereocenters. The predicted molar refractivity (Wildman–Crippen MR) is 106 cm³/mol. The molecule has 5 nitrogen and oxygen atoms in total. The Bertz CT molecular complexity index is 980. The Balaban J connectivity index is 1.49. The molecule has 0 saturated heterocycles. The highest BCUT2D eigenvalue weighted by Crippen LogP contribution is 2.34. The van der Waals surface area contributed by atoms with Gasteiger partial charge in [-0.2, -0.15) is 8.42 Å². The van der Waals surface area contributed by atoms with Crippen molar-refractivity contribution >= 4 is 16.0 Å². The Kier molecular flexibility index (Phi) is 5.58. The molecule has 154 valence electrons. The zero-order valence-corrected chi connectivity index (χ0v) is 16.9. The molecule has 2 aliphatic rings. The van der Waals surface area contributed by atoms with Crippen molar-refractivity contribution in [2.75, 3.05) is 0 Å². The van der Waals surface area contributed by atoms with E-state index in [1.54, 1.807) is 18.2 Å². The van der Waals surface area contributed by atoms with Gasteiger partial charge in [0.2, 0.25) is 5.91 Å². The number of carbonyl (C=O) groups is 1. The van der Waals surface area contributed by atoms with Gasteiger partial charge in [0.15, 0.2) is 0 Å². The minimum atomic E-state index is -4.06. The number of amides is 1. The van der Waals surface area contributed by atoms with E-state index in [0.29, 0.717) is 6.54 Å². The minimum absolute atomic E-state index is 0.111. The first-order valence-electron chi connectivity index (χ1n) is 10.0. The summed E-state index contributed by atoms with van der Waals surface area (Å²) in [6.45, 7) is 0.452. The van der Waals surface area contributed by atoms with E-state index in [1.807, 2.05) is 11.0 Å². The van der Waals surface area contributed by atoms with Crippen LogP contribution in [0.1, 0.15) is 44.1 Å². The van der Waals surface area contributed by atoms with Crippen LogP contribution in [0.2, 0.25) is 0 Å². The zero-order valence-electron chi connectivity index (χ0n) is 16.1. The quantitative estimate of drug-likeness (QED) is 0.631. The minimum Gasteiger partial charge on any atom is -0.379 e. The van der Waals surface area contributed by atoms with Gasteiger partial charge >= 0.3 is 10.1 Å². The molecule has 2 aromatic rings. The van der Waals surface area contributed by atoms with Gasteiger partial charge in [-0.15, -0.1) is 0 Å². The third kappa shape index (κ3) is 4.78. The van der Waals surface area contributed by atoms with Gasteiger partial charge < -0.3 is 9.08 Å². The number of halogens is 1. The van der Waals surface area contributed by atoms with Crippen LogP contribution < -0.4 is 4.18 Å². The van der Waals surface area contributed by atoms with E-state index >= 15 is 0 Å². The fourth-order valence-corrected chi connectivity index (χ4v) is 4.77. The lowest BCUT2D eigenvalue weighted by Crippen LogP contribution is -2.36. The van der Waals surface area contributed by atoms with Crippen LogP contribution in [-0.4, -0.2) is 25.3 Å². The molecule has 2 aliphatic carbocycles. The molecule has 29 heavy (non-hydrogen) atoms. The van der Waals surface area contributed by atoms with Crippen LogP contribution in [0, 0.1) is 11.7 Å². The van der Waals surface area contributed by atoms with Gasteiger partial charge in [-0.3, -0.25) is 4.79 Å². The van der Waals surface area contributed by atoms with Crippen molar-refractivity contribution in [1.29, 1.82) is 0 Å². The maximum atomic E-state index is 13.1. The van der Waals surface area contributed by atoms with Crippen molar-refractivity contribution in [3.63, 3.8) is 0 Å². The Morgan fingerprint density at radius 2 is 1.72 bits per heavy atom. The van der Waals surface area contributed by atoms with Crippen LogP contribution in [0.25, 0.3) is 0 Å². The molecule has 2 aromatic carbocycles. The summed E-state index contributed by atoms with van der Waals surface area (Å²) in [6.07, 6.45) is 6.18. The van der Waals surface area contributed by atoms with Crippen LogP contribution in [0.3, 0.4) is 0 Å². The highest BCUT2D eigenvalue weighted by Gasteiger charge is 2.36. The van der Waals surface area contributed by atoms with E-state index in [2.05, 4.69) is 0 Å². The lowest BCUT2D eigenvalue weighted by molar-refractivity contribution is -0.136. The van der Waals surface area contributed by atoms with E-state index in [0.717, 1.165) is 56.2 Å². The Hall–Kier alpha value is -2.41. The summed E-state index contributed by atoms with van der Waals surface area (Å²) in [5.41, 5.74) is 0.829. The van der Waals surface area contributed by atoms with Gasteiger partial charge in [0, 0.05) is 18.5 Å². The Morgan fingerprint density at radius 3 is 2.38 bits per heavy atom. The normalized spacial score (nSPS) is 17.3. The smallest absolute Gasteiger partial charge is 0.339 e. The van der Waals surface area contributed by atoms with Crippen LogP contribution in [0.5, 0.6) is 5.75 Å². The van der Waals surface area contributed by atoms with Gasteiger partial charge in [-0.05, 0) is 67.6 Å². The van der Waals surface area contributed by atoms with Gasteiger partial charge in [-0.1, -0.05) is 25.0 Å². The standard InChI is InChI=1S/C22H24FNO4S/c23-18-8-12-21(13-9-18)29(26,27)28-20-7-3-4-16(14-20)15-24(19-10-11-19)22(25)17-5-1-2-6-17/h3-4,7-9,12-14,17,19H,1-2,5-6,10-11,15H2. The van der Waals surface area contributed by atoms with Gasteiger partial charge in [0.05, 0.1) is 0 Å². The van der Waals surface area contributed by atoms with Crippen LogP contribution in [-0.2, 0) is 21.5 Å². The molecule has 0 heterocycles. The molecule has 1 amide bonds. The first-order chi connectivity index (χ1) is 13.9. The summed E-state index contributed by atoms with van der Waals surface area (Å²) in [5, 5.41) is 0. The fourth-order valence-electron chi connectivity index (χ4n) is 3.85. The van der Waals surface area contributed by atoms with Crippen LogP contribution >= 0.6 is 0 Å². The zero-order chi connectivity index (χ0) is 20.4. The lowest BCUT2D eigenvalue weighted by Gasteiger charge is -2.26. The number of benzene rings is 2. The van der Waals surface area contributed by atoms with E-state index in [-0.39, 0.29) is 28.5 Å². The third-order valence-corrected chi connectivity index (χ3v) is 6.80. The van der Waals surface area contributed by atoms with Crippen molar-refractivity contribution in [3.05, 3.63) is 59.9 Å². The summed E-state index contributed by atoms with van der Waals surface area (Å²) in [4.78, 5) is 14.8. The molecule has 4 rings (SSSR count). The first-order valence-corrected chi connectivity index (χ1v) is 11.4. The predicted octanol–water partition coefficient (Wildman–Crippen LogP) is 4.27. The molecule has 0 bridgehead atoms. The fraction of sp³-hybridized carbons (Fsp3) is 0.409. The third-order valence-electron chi connectivity index (χ3n) is 5.53. The average molecular weight is 418 g/mol. The number of rotatable bonds is 7. The number of carbonyl (C=O) groups excluding carboxylic acids is 1. The number of hydrogen-bond acceptors (Lipinski definition) is 4. The topological polar surface area (TPSA) is 63.7 Å². The largest absolute Gasteiger partial charge is 0.379 e. The second-order valence-electron chi connectivity index (χ2n) is 7.82. The maximum absolute atomic E-state index is 13.1. The molecular formula is C22H24FNO4S. The van der Waals surface area contributed by atoms with Gasteiger partial charge in [0.25, 0.3) is 0 Å². The molecular weight excluding hydrogens is 393 g/mol. The van der Waals surface area contributed by atoms with Crippen LogP contribution in [0.4, 0.5) is 4.39 Å². The second kappa shape index (κ2) is 8.14. The molecule has 0 aromatic heterocycles. The second-order valence-corrected chi connectivity index (χ2v) is 9.36. The van der Waals surface area contributed by atoms with Crippen LogP contribution in [0.15, 0.2) is 53.4 Å². The van der Waals surface area contributed by atoms with Crippen molar-refractivity contribution in [1.82, 2.24) is 4.90 Å². The van der Waals surface area contributed by atoms with Gasteiger partial charge in [-0.25, -0.2) is 4.39 Å². The van der Waals surface area contributed by atoms with Crippen molar-refractivity contribution in [3.8, 4) is 5.75 Å². The average Bonchev–Trinajstić information content (AvgIpc) is 3.38. The highest BCUT2D eigenvalue weighted by atomic mass is 32.2. The SMILES string of the molecule is O=C(C1CCCC1)N(Cc1cccc(OS(=O)(=O)c2ccc(F)cc2)c1)C1CC1. The van der Waals surface area contributed by atoms with E-state index in [4.69, 9.17) is 4.18 Å². The maximum Gasteiger partial charge on any atom is 0.339 e. The summed E-state index contributed by atoms with van der Waals surface area (Å²) in [5.74, 6) is -0.00178. The first kappa shape index (κ1) is 19.9. The molecule has 0 spiro atoms. The van der Waals surface area contributed by atoms with Crippen molar-refractivity contribution in [2.45, 2.75) is 56.0 Å². The monoisotopic (exact) mass is 417 g/mol.